The topological polar surface area (TPSA) is 74.6 Å². The van der Waals surface area contributed by atoms with E-state index in [-0.39, 0.29) is 0 Å². The number of hydrogen-bond acceptors (Lipinski definition) is 3. The zero-order valence-corrected chi connectivity index (χ0v) is 9.99. The average molecular weight is 246 g/mol. The molecule has 0 amide bonds. The summed E-state index contributed by atoms with van der Waals surface area (Å²) in [6.07, 6.45) is 5.91. The highest BCUT2D eigenvalue weighted by molar-refractivity contribution is 7.86. The minimum atomic E-state index is -4.31. The van der Waals surface area contributed by atoms with Crippen molar-refractivity contribution in [2.75, 3.05) is 0 Å². The van der Waals surface area contributed by atoms with Crippen molar-refractivity contribution in [3.8, 4) is 0 Å². The van der Waals surface area contributed by atoms with Crippen LogP contribution in [0.2, 0.25) is 0 Å². The molecule has 16 heavy (non-hydrogen) atoms. The summed E-state index contributed by atoms with van der Waals surface area (Å²) >= 11 is 0. The van der Waals surface area contributed by atoms with E-state index in [1.165, 1.54) is 19.3 Å². The van der Waals surface area contributed by atoms with E-state index >= 15 is 0 Å². The molecular formula is C11H18O4S. The molecule has 0 aromatic heterocycles. The molecule has 0 spiro atoms. The van der Waals surface area contributed by atoms with Crippen molar-refractivity contribution in [2.45, 2.75) is 44.0 Å². The molecule has 0 aliphatic heterocycles. The van der Waals surface area contributed by atoms with Crippen molar-refractivity contribution in [1.29, 1.82) is 0 Å². The maximum atomic E-state index is 11.2. The molecule has 4 rings (SSSR count). The van der Waals surface area contributed by atoms with Crippen LogP contribution in [-0.2, 0) is 10.1 Å². The molecule has 4 nitrogen and oxygen atoms in total. The Balaban J connectivity index is 1.94. The molecule has 2 N–H and O–H groups in total. The van der Waals surface area contributed by atoms with E-state index in [1.807, 2.05) is 0 Å². The van der Waals surface area contributed by atoms with Crippen molar-refractivity contribution in [3.05, 3.63) is 0 Å². The predicted molar refractivity (Wildman–Crippen MR) is 58.2 cm³/mol. The summed E-state index contributed by atoms with van der Waals surface area (Å²) in [5.74, 6) is 1.72. The van der Waals surface area contributed by atoms with Gasteiger partial charge < -0.3 is 5.11 Å². The van der Waals surface area contributed by atoms with Gasteiger partial charge in [-0.3, -0.25) is 4.55 Å². The van der Waals surface area contributed by atoms with Crippen LogP contribution >= 0.6 is 0 Å². The van der Waals surface area contributed by atoms with Gasteiger partial charge in [0.1, 0.15) is 0 Å². The van der Waals surface area contributed by atoms with Gasteiger partial charge in [-0.05, 0) is 56.3 Å². The molecule has 4 bridgehead atoms. The average Bonchev–Trinajstić information content (AvgIpc) is 2.12. The second kappa shape index (κ2) is 3.21. The second-order valence-corrected chi connectivity index (χ2v) is 7.62. The van der Waals surface area contributed by atoms with Gasteiger partial charge in [0.25, 0.3) is 10.1 Å². The van der Waals surface area contributed by atoms with Crippen LogP contribution in [0.4, 0.5) is 0 Å². The lowest BCUT2D eigenvalue weighted by atomic mass is 9.50. The van der Waals surface area contributed by atoms with Gasteiger partial charge in [0.15, 0.2) is 5.44 Å². The van der Waals surface area contributed by atoms with Crippen molar-refractivity contribution in [1.82, 2.24) is 0 Å². The molecule has 1 atom stereocenters. The first kappa shape index (κ1) is 11.0. The van der Waals surface area contributed by atoms with Gasteiger partial charge in [0, 0.05) is 5.41 Å². The van der Waals surface area contributed by atoms with Crippen LogP contribution in [0.15, 0.2) is 0 Å². The molecule has 4 aliphatic carbocycles. The fraction of sp³-hybridized carbons (Fsp3) is 1.00. The Bertz CT molecular complexity index is 365. The third-order valence-corrected chi connectivity index (χ3v) is 5.96. The molecule has 0 aromatic rings. The van der Waals surface area contributed by atoms with Crippen LogP contribution in [0.25, 0.3) is 0 Å². The van der Waals surface area contributed by atoms with Gasteiger partial charge in [0.2, 0.25) is 0 Å². The van der Waals surface area contributed by atoms with Gasteiger partial charge in [-0.1, -0.05) is 0 Å². The first-order valence-electron chi connectivity index (χ1n) is 6.03. The van der Waals surface area contributed by atoms with E-state index in [1.54, 1.807) is 0 Å². The Morgan fingerprint density at radius 1 is 1.00 bits per heavy atom. The third kappa shape index (κ3) is 1.52. The first-order chi connectivity index (χ1) is 7.39. The summed E-state index contributed by atoms with van der Waals surface area (Å²) in [6, 6.07) is 0. The van der Waals surface area contributed by atoms with E-state index in [2.05, 4.69) is 0 Å². The molecule has 92 valence electrons. The monoisotopic (exact) mass is 246 g/mol. The molecule has 4 aliphatic rings. The lowest BCUT2D eigenvalue weighted by Crippen LogP contribution is -2.53. The van der Waals surface area contributed by atoms with Crippen molar-refractivity contribution in [3.63, 3.8) is 0 Å². The van der Waals surface area contributed by atoms with Gasteiger partial charge in [-0.25, -0.2) is 0 Å². The summed E-state index contributed by atoms with van der Waals surface area (Å²) < 4.78 is 31.4. The number of aliphatic hydroxyl groups excluding tert-OH is 1. The smallest absolute Gasteiger partial charge is 0.292 e. The van der Waals surface area contributed by atoms with E-state index < -0.39 is 21.0 Å². The summed E-state index contributed by atoms with van der Waals surface area (Å²) in [6.45, 7) is 0. The fourth-order valence-electron chi connectivity index (χ4n) is 4.80. The Labute approximate surface area is 95.8 Å². The maximum Gasteiger partial charge on any atom is 0.292 e. The molecule has 0 unspecified atom stereocenters. The van der Waals surface area contributed by atoms with E-state index in [0.29, 0.717) is 17.8 Å². The molecule has 0 heterocycles. The van der Waals surface area contributed by atoms with Crippen LogP contribution in [0.3, 0.4) is 0 Å². The maximum absolute atomic E-state index is 11.2. The Kier molecular flexibility index (Phi) is 2.20. The summed E-state index contributed by atoms with van der Waals surface area (Å²) in [5, 5.41) is 9.91. The lowest BCUT2D eigenvalue weighted by Gasteiger charge is -2.57. The summed E-state index contributed by atoms with van der Waals surface area (Å²) in [7, 11) is -4.31. The Morgan fingerprint density at radius 3 is 1.69 bits per heavy atom. The largest absolute Gasteiger partial charge is 0.375 e. The Hall–Kier alpha value is -0.130. The minimum Gasteiger partial charge on any atom is -0.375 e. The summed E-state index contributed by atoms with van der Waals surface area (Å²) in [4.78, 5) is 0. The van der Waals surface area contributed by atoms with Crippen molar-refractivity contribution in [2.24, 2.45) is 23.2 Å². The molecule has 0 saturated heterocycles. The quantitative estimate of drug-likeness (QED) is 0.722. The van der Waals surface area contributed by atoms with Crippen molar-refractivity contribution >= 4 is 10.1 Å². The van der Waals surface area contributed by atoms with Crippen LogP contribution in [-0.4, -0.2) is 23.5 Å². The fourth-order valence-corrected chi connectivity index (χ4v) is 5.72. The second-order valence-electron chi connectivity index (χ2n) is 6.15. The Morgan fingerprint density at radius 2 is 1.38 bits per heavy atom. The number of aliphatic hydroxyl groups is 1. The predicted octanol–water partition coefficient (Wildman–Crippen LogP) is 1.41. The zero-order valence-electron chi connectivity index (χ0n) is 9.17. The van der Waals surface area contributed by atoms with E-state index in [4.69, 9.17) is 4.55 Å². The first-order valence-corrected chi connectivity index (χ1v) is 7.54. The van der Waals surface area contributed by atoms with Crippen LogP contribution in [0.1, 0.15) is 38.5 Å². The number of hydrogen-bond donors (Lipinski definition) is 2. The molecular weight excluding hydrogens is 228 g/mol. The molecule has 0 aromatic carbocycles. The zero-order chi connectivity index (χ0) is 11.6. The van der Waals surface area contributed by atoms with Crippen LogP contribution in [0.5, 0.6) is 0 Å². The van der Waals surface area contributed by atoms with E-state index in [9.17, 15) is 13.5 Å². The normalized spacial score (nSPS) is 48.2. The van der Waals surface area contributed by atoms with Crippen molar-refractivity contribution < 1.29 is 18.1 Å². The van der Waals surface area contributed by atoms with Crippen LogP contribution < -0.4 is 0 Å². The van der Waals surface area contributed by atoms with Gasteiger partial charge in [-0.15, -0.1) is 0 Å². The summed E-state index contributed by atoms with van der Waals surface area (Å²) in [5.41, 5.74) is -2.10. The molecule has 4 fully saturated rings. The SMILES string of the molecule is O=S(=O)(O)[C@H](O)C12CC3CC(CC(C3)C1)C2. The highest BCUT2D eigenvalue weighted by Gasteiger charge is 2.56. The molecule has 0 radical (unpaired) electrons. The van der Waals surface area contributed by atoms with Gasteiger partial charge >= 0.3 is 0 Å². The number of rotatable bonds is 2. The standard InChI is InChI=1S/C11H18O4S/c12-10(16(13,14)15)11-4-7-1-8(5-11)3-9(2-7)6-11/h7-10,12H,1-6H2,(H,13,14,15)/t7?,8?,9?,10-,11?/m0/s1. The minimum absolute atomic E-state index is 0.539. The van der Waals surface area contributed by atoms with Gasteiger partial charge in [-0.2, -0.15) is 8.42 Å². The molecule has 4 saturated carbocycles. The highest BCUT2D eigenvalue weighted by atomic mass is 32.2. The van der Waals surface area contributed by atoms with Crippen LogP contribution in [0, 0.1) is 23.2 Å². The van der Waals surface area contributed by atoms with Gasteiger partial charge in [0.05, 0.1) is 0 Å². The van der Waals surface area contributed by atoms with E-state index in [0.717, 1.165) is 19.3 Å². The third-order valence-electron chi connectivity index (χ3n) is 4.89. The highest BCUT2D eigenvalue weighted by Crippen LogP contribution is 2.61. The lowest BCUT2D eigenvalue weighted by molar-refractivity contribution is -0.0955. The molecule has 5 heteroatoms.